The molecule has 2 aromatic heterocycles. The number of aromatic amines is 1. The van der Waals surface area contributed by atoms with Gasteiger partial charge in [-0.1, -0.05) is 23.7 Å². The highest BCUT2D eigenvalue weighted by Gasteiger charge is 2.15. The highest BCUT2D eigenvalue weighted by molar-refractivity contribution is 6.35. The molecule has 0 saturated heterocycles. The molecule has 112 valence electrons. The average molecular weight is 317 g/mol. The molecule has 0 saturated carbocycles. The summed E-state index contributed by atoms with van der Waals surface area (Å²) in [6, 6.07) is 9.28. The fraction of sp³-hybridized carbons (Fsp3) is 0.133. The van der Waals surface area contributed by atoms with E-state index >= 15 is 0 Å². The van der Waals surface area contributed by atoms with E-state index in [1.54, 1.807) is 19.1 Å². The molecule has 0 amide bonds. The van der Waals surface area contributed by atoms with Gasteiger partial charge in [0, 0.05) is 5.39 Å². The summed E-state index contributed by atoms with van der Waals surface area (Å²) in [6.07, 6.45) is 1.41. The van der Waals surface area contributed by atoms with E-state index in [0.29, 0.717) is 34.3 Å². The van der Waals surface area contributed by atoms with Crippen molar-refractivity contribution >= 4 is 40.1 Å². The Morgan fingerprint density at radius 3 is 3.05 bits per heavy atom. The van der Waals surface area contributed by atoms with Crippen molar-refractivity contribution in [3.63, 3.8) is 0 Å². The first kappa shape index (κ1) is 14.3. The van der Waals surface area contributed by atoms with Crippen LogP contribution in [0.5, 0.6) is 0 Å². The van der Waals surface area contributed by atoms with Crippen molar-refractivity contribution in [1.29, 1.82) is 0 Å². The molecule has 1 aromatic carbocycles. The quantitative estimate of drug-likeness (QED) is 0.720. The van der Waals surface area contributed by atoms with E-state index in [1.165, 1.54) is 6.20 Å². The molecule has 0 bridgehead atoms. The summed E-state index contributed by atoms with van der Waals surface area (Å²) < 4.78 is 4.97. The number of fused-ring (bicyclic) bond motifs is 1. The molecule has 0 radical (unpaired) electrons. The number of para-hydroxylation sites is 1. The van der Waals surface area contributed by atoms with Crippen LogP contribution in [-0.2, 0) is 4.74 Å². The lowest BCUT2D eigenvalue weighted by molar-refractivity contribution is 0.0527. The summed E-state index contributed by atoms with van der Waals surface area (Å²) in [5.41, 5.74) is 1.01. The van der Waals surface area contributed by atoms with Crippen LogP contribution in [0.15, 0.2) is 36.5 Å². The van der Waals surface area contributed by atoms with Gasteiger partial charge in [-0.05, 0) is 25.1 Å². The van der Waals surface area contributed by atoms with Crippen molar-refractivity contribution in [1.82, 2.24) is 15.2 Å². The van der Waals surface area contributed by atoms with E-state index in [-0.39, 0.29) is 0 Å². The summed E-state index contributed by atoms with van der Waals surface area (Å²) in [5, 5.41) is 11.1. The van der Waals surface area contributed by atoms with E-state index in [2.05, 4.69) is 20.5 Å². The summed E-state index contributed by atoms with van der Waals surface area (Å²) in [6.45, 7) is 2.05. The number of H-pyrrole nitrogens is 1. The number of hydrogen-bond donors (Lipinski definition) is 2. The molecule has 2 heterocycles. The number of esters is 1. The second kappa shape index (κ2) is 6.03. The average Bonchev–Trinajstić information content (AvgIpc) is 2.97. The van der Waals surface area contributed by atoms with E-state index in [4.69, 9.17) is 16.3 Å². The van der Waals surface area contributed by atoms with Gasteiger partial charge in [0.15, 0.2) is 0 Å². The second-order valence-corrected chi connectivity index (χ2v) is 4.92. The van der Waals surface area contributed by atoms with Crippen molar-refractivity contribution in [2.45, 2.75) is 6.92 Å². The lowest BCUT2D eigenvalue weighted by Gasteiger charge is -2.07. The molecular formula is C15H13ClN4O2. The van der Waals surface area contributed by atoms with Crippen LogP contribution in [0.2, 0.25) is 5.02 Å². The normalized spacial score (nSPS) is 10.6. The Labute approximate surface area is 131 Å². The zero-order valence-corrected chi connectivity index (χ0v) is 12.5. The monoisotopic (exact) mass is 316 g/mol. The molecule has 0 fully saturated rings. The molecule has 22 heavy (non-hydrogen) atoms. The van der Waals surface area contributed by atoms with Crippen molar-refractivity contribution in [3.05, 3.63) is 47.1 Å². The number of nitrogens with one attached hydrogen (secondary N) is 2. The number of halogens is 1. The minimum atomic E-state index is -0.447. The maximum atomic E-state index is 11.8. The number of pyridine rings is 1. The Morgan fingerprint density at radius 2 is 2.23 bits per heavy atom. The van der Waals surface area contributed by atoms with Crippen LogP contribution in [0.3, 0.4) is 0 Å². The van der Waals surface area contributed by atoms with E-state index in [9.17, 15) is 4.79 Å². The van der Waals surface area contributed by atoms with E-state index in [1.807, 2.05) is 18.2 Å². The molecule has 7 heteroatoms. The van der Waals surface area contributed by atoms with Crippen LogP contribution < -0.4 is 5.32 Å². The van der Waals surface area contributed by atoms with Gasteiger partial charge in [-0.25, -0.2) is 9.78 Å². The fourth-order valence-corrected chi connectivity index (χ4v) is 2.28. The molecule has 0 aliphatic carbocycles. The number of hydrogen-bond acceptors (Lipinski definition) is 5. The smallest absolute Gasteiger partial charge is 0.343 e. The van der Waals surface area contributed by atoms with Gasteiger partial charge < -0.3 is 10.1 Å². The van der Waals surface area contributed by atoms with Crippen molar-refractivity contribution in [2.24, 2.45) is 0 Å². The zero-order valence-electron chi connectivity index (χ0n) is 11.8. The van der Waals surface area contributed by atoms with Gasteiger partial charge in [0.05, 0.1) is 23.3 Å². The number of carbonyl (C=O) groups excluding carboxylic acids is 1. The largest absolute Gasteiger partial charge is 0.462 e. The lowest BCUT2D eigenvalue weighted by atomic mass is 10.2. The molecule has 0 aliphatic heterocycles. The first-order valence-electron chi connectivity index (χ1n) is 6.72. The predicted octanol–water partition coefficient (Wildman–Crippen LogP) is 3.53. The van der Waals surface area contributed by atoms with Crippen LogP contribution in [0.25, 0.3) is 10.9 Å². The first-order chi connectivity index (χ1) is 10.7. The fourth-order valence-electron chi connectivity index (χ4n) is 2.05. The number of nitrogens with zero attached hydrogens (tertiary/aromatic N) is 2. The van der Waals surface area contributed by atoms with Crippen LogP contribution >= 0.6 is 11.6 Å². The van der Waals surface area contributed by atoms with E-state index in [0.717, 1.165) is 5.39 Å². The van der Waals surface area contributed by atoms with Gasteiger partial charge in [0.2, 0.25) is 0 Å². The Hall–Kier alpha value is -2.60. The molecule has 2 N–H and O–H groups in total. The van der Waals surface area contributed by atoms with Gasteiger partial charge in [0.1, 0.15) is 17.2 Å². The maximum Gasteiger partial charge on any atom is 0.343 e. The molecular weight excluding hydrogens is 304 g/mol. The Balaban J connectivity index is 1.92. The Morgan fingerprint density at radius 1 is 1.36 bits per heavy atom. The number of aromatic nitrogens is 3. The molecule has 6 nitrogen and oxygen atoms in total. The highest BCUT2D eigenvalue weighted by atomic mass is 35.5. The maximum absolute atomic E-state index is 11.8. The van der Waals surface area contributed by atoms with Gasteiger partial charge >= 0.3 is 5.97 Å². The standard InChI is InChI=1S/C15H13ClN4O2/c1-2-22-15(21)10-8-17-20-14(10)19-12-7-6-9-4-3-5-11(16)13(9)18-12/h3-8H,2H2,1H3,(H2,17,18,19,20). The summed E-state index contributed by atoms with van der Waals surface area (Å²) >= 11 is 6.15. The van der Waals surface area contributed by atoms with Crippen LogP contribution in [0.1, 0.15) is 17.3 Å². The van der Waals surface area contributed by atoms with Crippen molar-refractivity contribution < 1.29 is 9.53 Å². The van der Waals surface area contributed by atoms with Crippen molar-refractivity contribution in [2.75, 3.05) is 11.9 Å². The molecule has 0 unspecified atom stereocenters. The summed E-state index contributed by atoms with van der Waals surface area (Å²) in [7, 11) is 0. The van der Waals surface area contributed by atoms with E-state index < -0.39 is 5.97 Å². The summed E-state index contributed by atoms with van der Waals surface area (Å²) in [4.78, 5) is 16.3. The third-order valence-electron chi connectivity index (χ3n) is 3.06. The molecule has 0 spiro atoms. The molecule has 3 aromatic rings. The van der Waals surface area contributed by atoms with Crippen LogP contribution in [0, 0.1) is 0 Å². The predicted molar refractivity (Wildman–Crippen MR) is 84.6 cm³/mol. The number of anilines is 2. The third-order valence-corrected chi connectivity index (χ3v) is 3.36. The van der Waals surface area contributed by atoms with Gasteiger partial charge in [-0.2, -0.15) is 5.10 Å². The molecule has 0 atom stereocenters. The van der Waals surface area contributed by atoms with Crippen LogP contribution in [0.4, 0.5) is 11.6 Å². The van der Waals surface area contributed by atoms with Gasteiger partial charge in [0.25, 0.3) is 0 Å². The first-order valence-corrected chi connectivity index (χ1v) is 7.09. The topological polar surface area (TPSA) is 79.9 Å². The Bertz CT molecular complexity index is 831. The summed E-state index contributed by atoms with van der Waals surface area (Å²) in [5.74, 6) is 0.533. The van der Waals surface area contributed by atoms with Gasteiger partial charge in [-0.15, -0.1) is 0 Å². The van der Waals surface area contributed by atoms with Crippen molar-refractivity contribution in [3.8, 4) is 0 Å². The SMILES string of the molecule is CCOC(=O)c1cn[nH]c1Nc1ccc2cccc(Cl)c2n1. The highest BCUT2D eigenvalue weighted by Crippen LogP contribution is 2.25. The Kier molecular flexibility index (Phi) is 3.93. The lowest BCUT2D eigenvalue weighted by Crippen LogP contribution is -2.07. The van der Waals surface area contributed by atoms with Gasteiger partial charge in [-0.3, -0.25) is 5.10 Å². The third kappa shape index (κ3) is 2.73. The van der Waals surface area contributed by atoms with Crippen LogP contribution in [-0.4, -0.2) is 27.8 Å². The number of ether oxygens (including phenoxy) is 1. The minimum Gasteiger partial charge on any atom is -0.462 e. The molecule has 3 rings (SSSR count). The number of benzene rings is 1. The second-order valence-electron chi connectivity index (χ2n) is 4.51. The number of carbonyl (C=O) groups is 1. The zero-order chi connectivity index (χ0) is 15.5. The minimum absolute atomic E-state index is 0.299. The number of rotatable bonds is 4. The molecule has 0 aliphatic rings.